The van der Waals surface area contributed by atoms with Gasteiger partial charge in [-0.25, -0.2) is 9.97 Å². The average molecular weight is 313 g/mol. The highest BCUT2D eigenvalue weighted by Crippen LogP contribution is 2.32. The van der Waals surface area contributed by atoms with E-state index in [1.54, 1.807) is 17.5 Å². The number of hydrogen-bond acceptors (Lipinski definition) is 6. The van der Waals surface area contributed by atoms with Crippen molar-refractivity contribution in [2.24, 2.45) is 0 Å². The van der Waals surface area contributed by atoms with Crippen molar-refractivity contribution < 1.29 is 4.74 Å². The molecule has 3 aromatic rings. The number of ether oxygens (including phenoxy) is 1. The Balaban J connectivity index is 1.70. The SMILES string of the molecule is c1csc(-c2[nH]ncc2-c2ccnc(N3CCOCC3)n2)c1. The van der Waals surface area contributed by atoms with Crippen molar-refractivity contribution >= 4 is 17.3 Å². The van der Waals surface area contributed by atoms with Crippen LogP contribution < -0.4 is 4.90 Å². The highest BCUT2D eigenvalue weighted by atomic mass is 32.1. The third-order valence-corrected chi connectivity index (χ3v) is 4.51. The van der Waals surface area contributed by atoms with E-state index in [1.807, 2.05) is 18.3 Å². The topological polar surface area (TPSA) is 66.9 Å². The first kappa shape index (κ1) is 13.4. The summed E-state index contributed by atoms with van der Waals surface area (Å²) in [6, 6.07) is 6.03. The molecule has 6 nitrogen and oxygen atoms in total. The molecule has 1 fully saturated rings. The monoisotopic (exact) mass is 313 g/mol. The van der Waals surface area contributed by atoms with Crippen molar-refractivity contribution in [2.75, 3.05) is 31.2 Å². The van der Waals surface area contributed by atoms with Crippen LogP contribution in [0.25, 0.3) is 21.8 Å². The molecule has 0 amide bonds. The van der Waals surface area contributed by atoms with Crippen LogP contribution in [0, 0.1) is 0 Å². The van der Waals surface area contributed by atoms with Gasteiger partial charge in [0.2, 0.25) is 5.95 Å². The van der Waals surface area contributed by atoms with E-state index in [1.165, 1.54) is 0 Å². The molecule has 0 aliphatic carbocycles. The van der Waals surface area contributed by atoms with Crippen molar-refractivity contribution in [1.82, 2.24) is 20.2 Å². The molecular formula is C15H15N5OS. The third-order valence-electron chi connectivity index (χ3n) is 3.62. The highest BCUT2D eigenvalue weighted by Gasteiger charge is 2.16. The second-order valence-corrected chi connectivity index (χ2v) is 5.92. The minimum atomic E-state index is 0.722. The fourth-order valence-electron chi connectivity index (χ4n) is 2.50. The number of aromatic nitrogens is 4. The summed E-state index contributed by atoms with van der Waals surface area (Å²) in [6.45, 7) is 3.10. The van der Waals surface area contributed by atoms with Crippen LogP contribution in [0.3, 0.4) is 0 Å². The third kappa shape index (κ3) is 2.49. The summed E-state index contributed by atoms with van der Waals surface area (Å²) in [5, 5.41) is 9.31. The molecule has 0 spiro atoms. The van der Waals surface area contributed by atoms with Crippen molar-refractivity contribution in [3.63, 3.8) is 0 Å². The zero-order valence-corrected chi connectivity index (χ0v) is 12.7. The maximum absolute atomic E-state index is 5.38. The van der Waals surface area contributed by atoms with Gasteiger partial charge in [-0.1, -0.05) is 6.07 Å². The van der Waals surface area contributed by atoms with Crippen LogP contribution in [0.15, 0.2) is 36.0 Å². The van der Waals surface area contributed by atoms with Crippen LogP contribution >= 0.6 is 11.3 Å². The summed E-state index contributed by atoms with van der Waals surface area (Å²) in [5.74, 6) is 0.749. The molecule has 0 radical (unpaired) electrons. The number of nitrogens with one attached hydrogen (secondary N) is 1. The van der Waals surface area contributed by atoms with E-state index in [9.17, 15) is 0 Å². The number of H-pyrrole nitrogens is 1. The highest BCUT2D eigenvalue weighted by molar-refractivity contribution is 7.13. The molecule has 1 aliphatic heterocycles. The van der Waals surface area contributed by atoms with Gasteiger partial charge in [-0.15, -0.1) is 11.3 Å². The summed E-state index contributed by atoms with van der Waals surface area (Å²) in [6.07, 6.45) is 3.62. The molecule has 3 aromatic heterocycles. The van der Waals surface area contributed by atoms with E-state index in [2.05, 4.69) is 31.5 Å². The van der Waals surface area contributed by atoms with E-state index in [0.717, 1.165) is 54.1 Å². The maximum atomic E-state index is 5.38. The van der Waals surface area contributed by atoms with E-state index >= 15 is 0 Å². The maximum Gasteiger partial charge on any atom is 0.226 e. The molecule has 22 heavy (non-hydrogen) atoms. The lowest BCUT2D eigenvalue weighted by Crippen LogP contribution is -2.37. The lowest BCUT2D eigenvalue weighted by molar-refractivity contribution is 0.122. The molecule has 1 N–H and O–H groups in total. The van der Waals surface area contributed by atoms with Gasteiger partial charge in [0.25, 0.3) is 0 Å². The van der Waals surface area contributed by atoms with Crippen LogP contribution in [0.5, 0.6) is 0 Å². The fourth-order valence-corrected chi connectivity index (χ4v) is 3.24. The predicted molar refractivity (Wildman–Crippen MR) is 86.0 cm³/mol. The number of nitrogens with zero attached hydrogens (tertiary/aromatic N) is 4. The van der Waals surface area contributed by atoms with Gasteiger partial charge in [-0.2, -0.15) is 5.10 Å². The van der Waals surface area contributed by atoms with Gasteiger partial charge >= 0.3 is 0 Å². The molecule has 1 saturated heterocycles. The van der Waals surface area contributed by atoms with Crippen LogP contribution in [0.1, 0.15) is 0 Å². The molecular weight excluding hydrogens is 298 g/mol. The quantitative estimate of drug-likeness (QED) is 0.804. The Morgan fingerprint density at radius 1 is 1.23 bits per heavy atom. The van der Waals surface area contributed by atoms with Gasteiger partial charge < -0.3 is 9.64 Å². The Morgan fingerprint density at radius 3 is 2.95 bits per heavy atom. The lowest BCUT2D eigenvalue weighted by Gasteiger charge is -2.26. The molecule has 1 aliphatic rings. The molecule has 112 valence electrons. The van der Waals surface area contributed by atoms with E-state index in [0.29, 0.717) is 0 Å². The molecule has 7 heteroatoms. The number of anilines is 1. The number of morpholine rings is 1. The number of hydrogen-bond donors (Lipinski definition) is 1. The van der Waals surface area contributed by atoms with Gasteiger partial charge in [0, 0.05) is 24.8 Å². The Labute approximate surface area is 131 Å². The van der Waals surface area contributed by atoms with Crippen LogP contribution in [-0.2, 0) is 4.74 Å². The Hall–Kier alpha value is -2.25. The van der Waals surface area contributed by atoms with Gasteiger partial charge in [0.15, 0.2) is 0 Å². The predicted octanol–water partition coefficient (Wildman–Crippen LogP) is 2.43. The molecule has 0 saturated carbocycles. The van der Waals surface area contributed by atoms with E-state index < -0.39 is 0 Å². The van der Waals surface area contributed by atoms with Crippen molar-refractivity contribution in [1.29, 1.82) is 0 Å². The molecule has 0 atom stereocenters. The number of aromatic amines is 1. The first-order chi connectivity index (χ1) is 10.9. The number of rotatable bonds is 3. The molecule has 4 heterocycles. The Kier molecular flexibility index (Phi) is 3.57. The largest absolute Gasteiger partial charge is 0.378 e. The second-order valence-electron chi connectivity index (χ2n) is 4.98. The first-order valence-corrected chi connectivity index (χ1v) is 8.03. The summed E-state index contributed by atoms with van der Waals surface area (Å²) >= 11 is 1.68. The smallest absolute Gasteiger partial charge is 0.226 e. The minimum absolute atomic E-state index is 0.722. The normalized spacial score (nSPS) is 15.2. The first-order valence-electron chi connectivity index (χ1n) is 7.15. The zero-order chi connectivity index (χ0) is 14.8. The molecule has 0 unspecified atom stereocenters. The van der Waals surface area contributed by atoms with Crippen LogP contribution in [-0.4, -0.2) is 46.5 Å². The van der Waals surface area contributed by atoms with Crippen molar-refractivity contribution in [3.8, 4) is 21.8 Å². The van der Waals surface area contributed by atoms with Gasteiger partial charge in [-0.3, -0.25) is 5.10 Å². The minimum Gasteiger partial charge on any atom is -0.378 e. The second kappa shape index (κ2) is 5.86. The Morgan fingerprint density at radius 2 is 2.14 bits per heavy atom. The van der Waals surface area contributed by atoms with Crippen molar-refractivity contribution in [2.45, 2.75) is 0 Å². The summed E-state index contributed by atoms with van der Waals surface area (Å²) in [5.41, 5.74) is 2.88. The number of thiophene rings is 1. The summed E-state index contributed by atoms with van der Waals surface area (Å²) in [7, 11) is 0. The summed E-state index contributed by atoms with van der Waals surface area (Å²) < 4.78 is 5.38. The van der Waals surface area contributed by atoms with Gasteiger partial charge in [-0.05, 0) is 17.5 Å². The van der Waals surface area contributed by atoms with Gasteiger partial charge in [0.05, 0.1) is 35.7 Å². The van der Waals surface area contributed by atoms with E-state index in [-0.39, 0.29) is 0 Å². The zero-order valence-electron chi connectivity index (χ0n) is 11.9. The molecule has 0 aromatic carbocycles. The molecule has 4 rings (SSSR count). The fraction of sp³-hybridized carbons (Fsp3) is 0.267. The average Bonchev–Trinajstić information content (AvgIpc) is 3.27. The standard InChI is InChI=1S/C15H15N5OS/c1-2-13(22-9-1)14-11(10-17-19-14)12-3-4-16-15(18-12)20-5-7-21-8-6-20/h1-4,9-10H,5-8H2,(H,17,19). The lowest BCUT2D eigenvalue weighted by atomic mass is 10.1. The molecule has 0 bridgehead atoms. The van der Waals surface area contributed by atoms with E-state index in [4.69, 9.17) is 9.72 Å². The van der Waals surface area contributed by atoms with Crippen molar-refractivity contribution in [3.05, 3.63) is 36.0 Å². The Bertz CT molecular complexity index is 749. The summed E-state index contributed by atoms with van der Waals surface area (Å²) in [4.78, 5) is 12.4. The van der Waals surface area contributed by atoms with Gasteiger partial charge in [0.1, 0.15) is 0 Å². The van der Waals surface area contributed by atoms with Crippen LogP contribution in [0.4, 0.5) is 5.95 Å². The van der Waals surface area contributed by atoms with Crippen LogP contribution in [0.2, 0.25) is 0 Å².